The number of halogens is 3. The maximum atomic E-state index is 13.2. The molecule has 0 saturated carbocycles. The molecule has 0 unspecified atom stereocenters. The molecule has 0 amide bonds. The van der Waals surface area contributed by atoms with E-state index in [-0.39, 0.29) is 5.82 Å². The van der Waals surface area contributed by atoms with Gasteiger partial charge in [0.1, 0.15) is 11.6 Å². The fourth-order valence-corrected chi connectivity index (χ4v) is 3.70. The van der Waals surface area contributed by atoms with Gasteiger partial charge in [-0.15, -0.1) is 22.9 Å². The van der Waals surface area contributed by atoms with E-state index in [0.29, 0.717) is 17.9 Å². The van der Waals surface area contributed by atoms with Crippen molar-refractivity contribution in [3.8, 4) is 0 Å². The molecule has 0 saturated heterocycles. The summed E-state index contributed by atoms with van der Waals surface area (Å²) in [4.78, 5) is 5.58. The van der Waals surface area contributed by atoms with Gasteiger partial charge in [-0.05, 0) is 40.2 Å². The van der Waals surface area contributed by atoms with Crippen LogP contribution < -0.4 is 0 Å². The highest BCUT2D eigenvalue weighted by atomic mass is 79.9. The molecule has 2 heterocycles. The van der Waals surface area contributed by atoms with Gasteiger partial charge in [0.05, 0.1) is 27.2 Å². The van der Waals surface area contributed by atoms with E-state index in [4.69, 9.17) is 11.6 Å². The van der Waals surface area contributed by atoms with Gasteiger partial charge < -0.3 is 4.57 Å². The highest BCUT2D eigenvalue weighted by Gasteiger charge is 2.11. The zero-order valence-corrected chi connectivity index (χ0v) is 12.9. The second kappa shape index (κ2) is 5.23. The quantitative estimate of drug-likeness (QED) is 0.615. The molecule has 0 aliphatic heterocycles. The Morgan fingerprint density at radius 1 is 1.32 bits per heavy atom. The summed E-state index contributed by atoms with van der Waals surface area (Å²) in [6, 6.07) is 8.70. The first kappa shape index (κ1) is 13.1. The zero-order valence-electron chi connectivity index (χ0n) is 9.74. The number of hydrogen-bond donors (Lipinski definition) is 0. The van der Waals surface area contributed by atoms with Gasteiger partial charge in [0.2, 0.25) is 0 Å². The van der Waals surface area contributed by atoms with Crippen LogP contribution >= 0.6 is 38.9 Å². The predicted molar refractivity (Wildman–Crippen MR) is 80.4 cm³/mol. The standard InChI is InChI=1S/C13H9BrClFN2S/c14-12-4-2-9(19-12)7-18-11-3-1-8(16)5-10(11)17-13(18)6-15/h1-5H,6-7H2. The largest absolute Gasteiger partial charge is 0.322 e. The van der Waals surface area contributed by atoms with Crippen LogP contribution in [0.5, 0.6) is 0 Å². The van der Waals surface area contributed by atoms with Crippen molar-refractivity contribution < 1.29 is 4.39 Å². The van der Waals surface area contributed by atoms with Crippen molar-refractivity contribution >= 4 is 49.9 Å². The topological polar surface area (TPSA) is 17.8 Å². The minimum atomic E-state index is -0.280. The van der Waals surface area contributed by atoms with E-state index in [1.54, 1.807) is 17.4 Å². The van der Waals surface area contributed by atoms with Crippen LogP contribution in [0.4, 0.5) is 4.39 Å². The number of aromatic nitrogens is 2. The molecule has 19 heavy (non-hydrogen) atoms. The number of alkyl halides is 1. The minimum absolute atomic E-state index is 0.280. The Balaban J connectivity index is 2.10. The Bertz CT molecular complexity index is 737. The maximum Gasteiger partial charge on any atom is 0.125 e. The summed E-state index contributed by atoms with van der Waals surface area (Å²) in [6.07, 6.45) is 0. The lowest BCUT2D eigenvalue weighted by Gasteiger charge is -2.05. The first-order chi connectivity index (χ1) is 9.17. The fraction of sp³-hybridized carbons (Fsp3) is 0.154. The van der Waals surface area contributed by atoms with Crippen molar-refractivity contribution in [2.75, 3.05) is 0 Å². The van der Waals surface area contributed by atoms with Crippen molar-refractivity contribution in [3.63, 3.8) is 0 Å². The molecular formula is C13H9BrClFN2S. The first-order valence-electron chi connectivity index (χ1n) is 5.62. The van der Waals surface area contributed by atoms with Gasteiger partial charge in [0, 0.05) is 10.9 Å². The van der Waals surface area contributed by atoms with Crippen LogP contribution in [0.2, 0.25) is 0 Å². The Morgan fingerprint density at radius 3 is 2.84 bits per heavy atom. The van der Waals surface area contributed by atoms with E-state index in [2.05, 4.69) is 27.0 Å². The van der Waals surface area contributed by atoms with Gasteiger partial charge in [0.15, 0.2) is 0 Å². The second-order valence-electron chi connectivity index (χ2n) is 4.09. The number of benzene rings is 1. The number of fused-ring (bicyclic) bond motifs is 1. The molecule has 0 N–H and O–H groups in total. The molecule has 1 aromatic carbocycles. The Hall–Kier alpha value is -0.910. The van der Waals surface area contributed by atoms with E-state index < -0.39 is 0 Å². The van der Waals surface area contributed by atoms with Gasteiger partial charge >= 0.3 is 0 Å². The van der Waals surface area contributed by atoms with Crippen LogP contribution in [0.1, 0.15) is 10.7 Å². The Labute approximate surface area is 127 Å². The summed E-state index contributed by atoms with van der Waals surface area (Å²) in [7, 11) is 0. The van der Waals surface area contributed by atoms with Crippen LogP contribution in [0.3, 0.4) is 0 Å². The van der Waals surface area contributed by atoms with Crippen LogP contribution in [-0.4, -0.2) is 9.55 Å². The van der Waals surface area contributed by atoms with Gasteiger partial charge in [-0.25, -0.2) is 9.37 Å². The molecule has 2 aromatic heterocycles. The summed E-state index contributed by atoms with van der Waals surface area (Å²) >= 11 is 11.0. The summed E-state index contributed by atoms with van der Waals surface area (Å²) in [5, 5.41) is 0. The highest BCUT2D eigenvalue weighted by Crippen LogP contribution is 2.26. The summed E-state index contributed by atoms with van der Waals surface area (Å²) in [6.45, 7) is 0.695. The van der Waals surface area contributed by atoms with E-state index in [9.17, 15) is 4.39 Å². The molecule has 2 nitrogen and oxygen atoms in total. The molecule has 0 aliphatic carbocycles. The van der Waals surface area contributed by atoms with Crippen molar-refractivity contribution in [1.82, 2.24) is 9.55 Å². The molecule has 0 atom stereocenters. The number of nitrogens with zero attached hydrogens (tertiary/aromatic N) is 2. The van der Waals surface area contributed by atoms with E-state index in [1.165, 1.54) is 17.0 Å². The number of hydrogen-bond acceptors (Lipinski definition) is 2. The third-order valence-electron chi connectivity index (χ3n) is 2.85. The molecular weight excluding hydrogens is 351 g/mol. The lowest BCUT2D eigenvalue weighted by Crippen LogP contribution is -2.02. The molecule has 0 bridgehead atoms. The summed E-state index contributed by atoms with van der Waals surface area (Å²) in [5.74, 6) is 0.784. The fourth-order valence-electron chi connectivity index (χ4n) is 2.02. The third kappa shape index (κ3) is 2.55. The summed E-state index contributed by atoms with van der Waals surface area (Å²) < 4.78 is 16.3. The van der Waals surface area contributed by atoms with Gasteiger partial charge in [-0.3, -0.25) is 0 Å². The monoisotopic (exact) mass is 358 g/mol. The molecule has 0 aliphatic rings. The molecule has 0 spiro atoms. The first-order valence-corrected chi connectivity index (χ1v) is 7.76. The van der Waals surface area contributed by atoms with Crippen molar-refractivity contribution in [3.05, 3.63) is 50.6 Å². The molecule has 6 heteroatoms. The van der Waals surface area contributed by atoms with Crippen molar-refractivity contribution in [2.45, 2.75) is 12.4 Å². The van der Waals surface area contributed by atoms with Gasteiger partial charge in [-0.2, -0.15) is 0 Å². The molecule has 0 fully saturated rings. The van der Waals surface area contributed by atoms with Crippen LogP contribution in [0.15, 0.2) is 34.1 Å². The Morgan fingerprint density at radius 2 is 2.16 bits per heavy atom. The lowest BCUT2D eigenvalue weighted by atomic mass is 10.3. The Kier molecular flexibility index (Phi) is 3.60. The summed E-state index contributed by atoms with van der Waals surface area (Å²) in [5.41, 5.74) is 1.55. The number of imidazole rings is 1. The third-order valence-corrected chi connectivity index (χ3v) is 4.70. The molecule has 3 aromatic rings. The molecule has 3 rings (SSSR count). The predicted octanol–water partition coefficient (Wildman–Crippen LogP) is 4.79. The van der Waals surface area contributed by atoms with Crippen molar-refractivity contribution in [2.24, 2.45) is 0 Å². The molecule has 98 valence electrons. The average Bonchev–Trinajstić information content (AvgIpc) is 2.94. The van der Waals surface area contributed by atoms with E-state index >= 15 is 0 Å². The normalized spacial score (nSPS) is 11.3. The maximum absolute atomic E-state index is 13.2. The van der Waals surface area contributed by atoms with E-state index in [0.717, 1.165) is 15.1 Å². The second-order valence-corrected chi connectivity index (χ2v) is 6.90. The number of rotatable bonds is 3. The van der Waals surface area contributed by atoms with Gasteiger partial charge in [-0.1, -0.05) is 0 Å². The van der Waals surface area contributed by atoms with E-state index in [1.807, 2.05) is 10.6 Å². The molecule has 0 radical (unpaired) electrons. The number of thiophene rings is 1. The smallest absolute Gasteiger partial charge is 0.125 e. The average molecular weight is 360 g/mol. The van der Waals surface area contributed by atoms with Crippen LogP contribution in [0, 0.1) is 5.82 Å². The zero-order chi connectivity index (χ0) is 13.4. The minimum Gasteiger partial charge on any atom is -0.322 e. The SMILES string of the molecule is Fc1ccc2c(c1)nc(CCl)n2Cc1ccc(Br)s1. The van der Waals surface area contributed by atoms with Crippen LogP contribution in [-0.2, 0) is 12.4 Å². The lowest BCUT2D eigenvalue weighted by molar-refractivity contribution is 0.629. The van der Waals surface area contributed by atoms with Crippen LogP contribution in [0.25, 0.3) is 11.0 Å². The van der Waals surface area contributed by atoms with Crippen molar-refractivity contribution in [1.29, 1.82) is 0 Å². The van der Waals surface area contributed by atoms with Gasteiger partial charge in [0.25, 0.3) is 0 Å². The highest BCUT2D eigenvalue weighted by molar-refractivity contribution is 9.11.